The smallest absolute Gasteiger partial charge is 0.134 e. The molecular weight excluding hydrogens is 238 g/mol. The van der Waals surface area contributed by atoms with Crippen LogP contribution in [0.1, 0.15) is 29.8 Å². The number of halogens is 2. The van der Waals surface area contributed by atoms with Crippen LogP contribution >= 0.6 is 0 Å². The molecule has 2 aromatic rings. The SMILES string of the molecule is CCn1nncc1C(N)c1c(F)ccc(C)c1F. The second-order valence-corrected chi connectivity index (χ2v) is 4.04. The Balaban J connectivity index is 2.52. The number of aromatic nitrogens is 3. The standard InChI is InChI=1S/C12H14F2N4/c1-3-18-9(6-16-17-18)12(15)10-8(13)5-4-7(2)11(10)14/h4-6,12H,3,15H2,1-2H3. The van der Waals surface area contributed by atoms with E-state index < -0.39 is 17.7 Å². The van der Waals surface area contributed by atoms with Gasteiger partial charge in [0.15, 0.2) is 0 Å². The zero-order valence-corrected chi connectivity index (χ0v) is 10.2. The first-order chi connectivity index (χ1) is 8.56. The van der Waals surface area contributed by atoms with Crippen molar-refractivity contribution in [1.82, 2.24) is 15.0 Å². The van der Waals surface area contributed by atoms with E-state index in [2.05, 4.69) is 10.3 Å². The monoisotopic (exact) mass is 252 g/mol. The van der Waals surface area contributed by atoms with Crippen molar-refractivity contribution in [3.8, 4) is 0 Å². The Bertz CT molecular complexity index is 565. The molecule has 0 fully saturated rings. The molecular formula is C12H14F2N4. The number of rotatable bonds is 3. The average Bonchev–Trinajstić information content (AvgIpc) is 2.82. The Morgan fingerprint density at radius 3 is 2.78 bits per heavy atom. The van der Waals surface area contributed by atoms with Crippen molar-refractivity contribution in [3.63, 3.8) is 0 Å². The van der Waals surface area contributed by atoms with Crippen LogP contribution in [0.25, 0.3) is 0 Å². The summed E-state index contributed by atoms with van der Waals surface area (Å²) in [5.41, 5.74) is 6.63. The topological polar surface area (TPSA) is 56.7 Å². The fourth-order valence-corrected chi connectivity index (χ4v) is 1.86. The lowest BCUT2D eigenvalue weighted by Crippen LogP contribution is -2.20. The molecule has 0 spiro atoms. The number of hydrogen-bond donors (Lipinski definition) is 1. The normalized spacial score (nSPS) is 12.7. The molecule has 0 bridgehead atoms. The summed E-state index contributed by atoms with van der Waals surface area (Å²) in [6.45, 7) is 3.96. The predicted molar refractivity (Wildman–Crippen MR) is 62.8 cm³/mol. The minimum atomic E-state index is -0.917. The van der Waals surface area contributed by atoms with Crippen molar-refractivity contribution in [2.75, 3.05) is 0 Å². The minimum absolute atomic E-state index is 0.146. The van der Waals surface area contributed by atoms with E-state index in [0.29, 0.717) is 17.8 Å². The maximum atomic E-state index is 14.0. The summed E-state index contributed by atoms with van der Waals surface area (Å²) in [5.74, 6) is -1.28. The second-order valence-electron chi connectivity index (χ2n) is 4.04. The first kappa shape index (κ1) is 12.6. The Morgan fingerprint density at radius 2 is 2.11 bits per heavy atom. The number of nitrogens with two attached hydrogens (primary N) is 1. The molecule has 4 nitrogen and oxygen atoms in total. The van der Waals surface area contributed by atoms with Crippen LogP contribution in [-0.2, 0) is 6.54 Å². The molecule has 0 amide bonds. The molecule has 0 aliphatic rings. The van der Waals surface area contributed by atoms with Crippen LogP contribution in [0.3, 0.4) is 0 Å². The molecule has 1 aromatic carbocycles. The number of benzene rings is 1. The van der Waals surface area contributed by atoms with Crippen molar-refractivity contribution >= 4 is 0 Å². The Hall–Kier alpha value is -1.82. The van der Waals surface area contributed by atoms with E-state index in [1.165, 1.54) is 23.0 Å². The van der Waals surface area contributed by atoms with Gasteiger partial charge >= 0.3 is 0 Å². The van der Waals surface area contributed by atoms with Crippen LogP contribution < -0.4 is 5.73 Å². The minimum Gasteiger partial charge on any atom is -0.319 e. The lowest BCUT2D eigenvalue weighted by molar-refractivity contribution is 0.519. The summed E-state index contributed by atoms with van der Waals surface area (Å²) in [6, 6.07) is 1.68. The van der Waals surface area contributed by atoms with Gasteiger partial charge in [-0.05, 0) is 25.5 Å². The number of nitrogens with zero attached hydrogens (tertiary/aromatic N) is 3. The van der Waals surface area contributed by atoms with Gasteiger partial charge in [-0.15, -0.1) is 5.10 Å². The van der Waals surface area contributed by atoms with Crippen molar-refractivity contribution in [1.29, 1.82) is 0 Å². The highest BCUT2D eigenvalue weighted by Crippen LogP contribution is 2.26. The summed E-state index contributed by atoms with van der Waals surface area (Å²) in [7, 11) is 0. The summed E-state index contributed by atoms with van der Waals surface area (Å²) >= 11 is 0. The molecule has 0 aliphatic heterocycles. The third kappa shape index (κ3) is 1.99. The van der Waals surface area contributed by atoms with Gasteiger partial charge in [0.1, 0.15) is 11.6 Å². The van der Waals surface area contributed by atoms with Crippen LogP contribution in [-0.4, -0.2) is 15.0 Å². The molecule has 6 heteroatoms. The highest BCUT2D eigenvalue weighted by Gasteiger charge is 2.22. The van der Waals surface area contributed by atoms with Crippen LogP contribution in [0, 0.1) is 18.6 Å². The predicted octanol–water partition coefficient (Wildman–Crippen LogP) is 1.93. The lowest BCUT2D eigenvalue weighted by atomic mass is 10.0. The van der Waals surface area contributed by atoms with Gasteiger partial charge in [-0.2, -0.15) is 0 Å². The molecule has 2 rings (SSSR count). The van der Waals surface area contributed by atoms with Crippen LogP contribution in [0.5, 0.6) is 0 Å². The van der Waals surface area contributed by atoms with Gasteiger partial charge < -0.3 is 5.73 Å². The molecule has 1 aromatic heterocycles. The Morgan fingerprint density at radius 1 is 1.39 bits per heavy atom. The van der Waals surface area contributed by atoms with E-state index in [4.69, 9.17) is 5.73 Å². The van der Waals surface area contributed by atoms with Gasteiger partial charge in [-0.1, -0.05) is 11.3 Å². The van der Waals surface area contributed by atoms with Gasteiger partial charge in [0.2, 0.25) is 0 Å². The molecule has 0 aliphatic carbocycles. The zero-order chi connectivity index (χ0) is 13.3. The molecule has 96 valence electrons. The van der Waals surface area contributed by atoms with Crippen LogP contribution in [0.15, 0.2) is 18.3 Å². The van der Waals surface area contributed by atoms with Crippen molar-refractivity contribution in [3.05, 3.63) is 46.8 Å². The maximum absolute atomic E-state index is 14.0. The van der Waals surface area contributed by atoms with Crippen molar-refractivity contribution < 1.29 is 8.78 Å². The van der Waals surface area contributed by atoms with Gasteiger partial charge in [-0.3, -0.25) is 0 Å². The van der Waals surface area contributed by atoms with Gasteiger partial charge in [0.05, 0.1) is 17.9 Å². The van der Waals surface area contributed by atoms with E-state index in [-0.39, 0.29) is 5.56 Å². The quantitative estimate of drug-likeness (QED) is 0.908. The summed E-state index contributed by atoms with van der Waals surface area (Å²) < 4.78 is 29.2. The first-order valence-corrected chi connectivity index (χ1v) is 5.64. The Labute approximate surface area is 103 Å². The van der Waals surface area contributed by atoms with E-state index >= 15 is 0 Å². The maximum Gasteiger partial charge on any atom is 0.134 e. The molecule has 1 atom stereocenters. The molecule has 2 N–H and O–H groups in total. The fraction of sp³-hybridized carbons (Fsp3) is 0.333. The average molecular weight is 252 g/mol. The third-order valence-corrected chi connectivity index (χ3v) is 2.90. The van der Waals surface area contributed by atoms with Crippen molar-refractivity contribution in [2.45, 2.75) is 26.4 Å². The van der Waals surface area contributed by atoms with Crippen LogP contribution in [0.2, 0.25) is 0 Å². The second kappa shape index (κ2) is 4.81. The molecule has 0 saturated heterocycles. The molecule has 18 heavy (non-hydrogen) atoms. The van der Waals surface area contributed by atoms with E-state index in [1.54, 1.807) is 6.92 Å². The summed E-state index contributed by atoms with van der Waals surface area (Å²) in [5, 5.41) is 7.51. The number of hydrogen-bond acceptors (Lipinski definition) is 3. The summed E-state index contributed by atoms with van der Waals surface area (Å²) in [6.07, 6.45) is 1.43. The van der Waals surface area contributed by atoms with Gasteiger partial charge in [0, 0.05) is 12.1 Å². The molecule has 1 heterocycles. The van der Waals surface area contributed by atoms with Crippen LogP contribution in [0.4, 0.5) is 8.78 Å². The van der Waals surface area contributed by atoms with E-state index in [9.17, 15) is 8.78 Å². The van der Waals surface area contributed by atoms with E-state index in [1.807, 2.05) is 6.92 Å². The highest BCUT2D eigenvalue weighted by atomic mass is 19.1. The fourth-order valence-electron chi connectivity index (χ4n) is 1.86. The van der Waals surface area contributed by atoms with Gasteiger partial charge in [-0.25, -0.2) is 13.5 Å². The zero-order valence-electron chi connectivity index (χ0n) is 10.2. The molecule has 0 radical (unpaired) electrons. The lowest BCUT2D eigenvalue weighted by Gasteiger charge is -2.15. The Kier molecular flexibility index (Phi) is 3.38. The number of aryl methyl sites for hydroxylation is 2. The largest absolute Gasteiger partial charge is 0.319 e. The molecule has 1 unspecified atom stereocenters. The molecule has 0 saturated carbocycles. The third-order valence-electron chi connectivity index (χ3n) is 2.90. The highest BCUT2D eigenvalue weighted by molar-refractivity contribution is 5.33. The van der Waals surface area contributed by atoms with E-state index in [0.717, 1.165) is 0 Å². The summed E-state index contributed by atoms with van der Waals surface area (Å²) in [4.78, 5) is 0. The first-order valence-electron chi connectivity index (χ1n) is 5.64. The van der Waals surface area contributed by atoms with Gasteiger partial charge in [0.25, 0.3) is 0 Å². The van der Waals surface area contributed by atoms with Crippen molar-refractivity contribution in [2.24, 2.45) is 5.73 Å².